The summed E-state index contributed by atoms with van der Waals surface area (Å²) in [6, 6.07) is 6.56. The van der Waals surface area contributed by atoms with Crippen molar-refractivity contribution >= 4 is 0 Å². The SMILES string of the molecule is CCC(O)(CC)CNCc1cc(C)cc(C)c1. The Bertz CT molecular complexity index is 336. The Labute approximate surface area is 105 Å². The Hall–Kier alpha value is -0.860. The average Bonchev–Trinajstić information content (AvgIpc) is 2.27. The first-order valence-corrected chi connectivity index (χ1v) is 6.49. The van der Waals surface area contributed by atoms with Crippen molar-refractivity contribution in [3.63, 3.8) is 0 Å². The molecule has 0 aliphatic carbocycles. The molecule has 0 bridgehead atoms. The van der Waals surface area contributed by atoms with Crippen LogP contribution in [0.15, 0.2) is 18.2 Å². The summed E-state index contributed by atoms with van der Waals surface area (Å²) in [5, 5.41) is 13.5. The van der Waals surface area contributed by atoms with Gasteiger partial charge >= 0.3 is 0 Å². The predicted molar refractivity (Wildman–Crippen MR) is 73.2 cm³/mol. The van der Waals surface area contributed by atoms with Crippen LogP contribution in [0.2, 0.25) is 0 Å². The molecule has 1 aromatic rings. The first-order valence-electron chi connectivity index (χ1n) is 6.49. The number of nitrogens with one attached hydrogen (secondary N) is 1. The van der Waals surface area contributed by atoms with E-state index in [2.05, 4.69) is 37.4 Å². The minimum absolute atomic E-state index is 0.557. The monoisotopic (exact) mass is 235 g/mol. The lowest BCUT2D eigenvalue weighted by atomic mass is 9.97. The highest BCUT2D eigenvalue weighted by atomic mass is 16.3. The fourth-order valence-corrected chi connectivity index (χ4v) is 2.11. The Morgan fingerprint density at radius 2 is 1.59 bits per heavy atom. The standard InChI is InChI=1S/C15H25NO/c1-5-15(17,6-2)11-16-10-14-8-12(3)7-13(4)9-14/h7-9,16-17H,5-6,10-11H2,1-4H3. The summed E-state index contributed by atoms with van der Waals surface area (Å²) in [4.78, 5) is 0. The molecule has 2 nitrogen and oxygen atoms in total. The Balaban J connectivity index is 2.51. The molecule has 2 heteroatoms. The highest BCUT2D eigenvalue weighted by molar-refractivity contribution is 5.28. The van der Waals surface area contributed by atoms with E-state index < -0.39 is 5.60 Å². The van der Waals surface area contributed by atoms with Gasteiger partial charge in [0.25, 0.3) is 0 Å². The molecule has 0 unspecified atom stereocenters. The third kappa shape index (κ3) is 4.49. The van der Waals surface area contributed by atoms with Crippen LogP contribution < -0.4 is 5.32 Å². The summed E-state index contributed by atoms with van der Waals surface area (Å²) in [5.74, 6) is 0. The Kier molecular flexibility index (Phi) is 5.16. The van der Waals surface area contributed by atoms with Gasteiger partial charge in [-0.1, -0.05) is 43.2 Å². The van der Waals surface area contributed by atoms with E-state index in [9.17, 15) is 5.11 Å². The molecule has 17 heavy (non-hydrogen) atoms. The maximum Gasteiger partial charge on any atom is 0.0766 e. The number of hydrogen-bond acceptors (Lipinski definition) is 2. The van der Waals surface area contributed by atoms with E-state index in [0.29, 0.717) is 6.54 Å². The van der Waals surface area contributed by atoms with Crippen LogP contribution in [0, 0.1) is 13.8 Å². The quantitative estimate of drug-likeness (QED) is 0.794. The van der Waals surface area contributed by atoms with Gasteiger partial charge < -0.3 is 10.4 Å². The third-order valence-corrected chi connectivity index (χ3v) is 3.38. The first-order chi connectivity index (χ1) is 7.99. The van der Waals surface area contributed by atoms with Crippen LogP contribution in [0.25, 0.3) is 0 Å². The molecule has 96 valence electrons. The van der Waals surface area contributed by atoms with E-state index in [-0.39, 0.29) is 0 Å². The molecule has 0 atom stereocenters. The van der Waals surface area contributed by atoms with Crippen LogP contribution in [0.1, 0.15) is 43.4 Å². The molecule has 1 rings (SSSR count). The van der Waals surface area contributed by atoms with Crippen molar-refractivity contribution in [2.75, 3.05) is 6.54 Å². The van der Waals surface area contributed by atoms with Crippen molar-refractivity contribution in [1.82, 2.24) is 5.32 Å². The van der Waals surface area contributed by atoms with Gasteiger partial charge in [0.1, 0.15) is 0 Å². The Morgan fingerprint density at radius 3 is 2.06 bits per heavy atom. The maximum absolute atomic E-state index is 10.2. The third-order valence-electron chi connectivity index (χ3n) is 3.38. The number of benzene rings is 1. The van der Waals surface area contributed by atoms with E-state index in [0.717, 1.165) is 19.4 Å². The molecule has 2 N–H and O–H groups in total. The van der Waals surface area contributed by atoms with E-state index in [1.54, 1.807) is 0 Å². The van der Waals surface area contributed by atoms with Crippen LogP contribution in [0.4, 0.5) is 0 Å². The molecule has 0 heterocycles. The van der Waals surface area contributed by atoms with Crippen molar-refractivity contribution in [2.24, 2.45) is 0 Å². The minimum Gasteiger partial charge on any atom is -0.389 e. The van der Waals surface area contributed by atoms with Crippen molar-refractivity contribution in [3.05, 3.63) is 34.9 Å². The fourth-order valence-electron chi connectivity index (χ4n) is 2.11. The minimum atomic E-state index is -0.557. The summed E-state index contributed by atoms with van der Waals surface area (Å²) < 4.78 is 0. The van der Waals surface area contributed by atoms with Gasteiger partial charge in [-0.3, -0.25) is 0 Å². The van der Waals surface area contributed by atoms with Gasteiger partial charge in [0.2, 0.25) is 0 Å². The van der Waals surface area contributed by atoms with Gasteiger partial charge in [-0.15, -0.1) is 0 Å². The van der Waals surface area contributed by atoms with Gasteiger partial charge in [-0.05, 0) is 32.3 Å². The molecule has 0 fully saturated rings. The zero-order valence-electron chi connectivity index (χ0n) is 11.5. The van der Waals surface area contributed by atoms with Gasteiger partial charge in [0.05, 0.1) is 5.60 Å². The zero-order valence-corrected chi connectivity index (χ0v) is 11.5. The highest BCUT2D eigenvalue weighted by Crippen LogP contribution is 2.14. The summed E-state index contributed by atoms with van der Waals surface area (Å²) >= 11 is 0. The number of aliphatic hydroxyl groups is 1. The van der Waals surface area contributed by atoms with E-state index >= 15 is 0 Å². The smallest absolute Gasteiger partial charge is 0.0766 e. The van der Waals surface area contributed by atoms with Crippen molar-refractivity contribution < 1.29 is 5.11 Å². The normalized spacial score (nSPS) is 11.8. The second kappa shape index (κ2) is 6.18. The van der Waals surface area contributed by atoms with Crippen molar-refractivity contribution in [3.8, 4) is 0 Å². The summed E-state index contributed by atoms with van der Waals surface area (Å²) in [6.45, 7) is 9.78. The molecule has 0 aliphatic heterocycles. The van der Waals surface area contributed by atoms with E-state index in [4.69, 9.17) is 0 Å². The van der Waals surface area contributed by atoms with Crippen LogP contribution in [-0.2, 0) is 6.54 Å². The molecule has 1 aromatic carbocycles. The second-order valence-corrected chi connectivity index (χ2v) is 5.03. The van der Waals surface area contributed by atoms with Crippen LogP contribution in [0.5, 0.6) is 0 Å². The topological polar surface area (TPSA) is 32.3 Å². The van der Waals surface area contributed by atoms with Crippen molar-refractivity contribution in [2.45, 2.75) is 52.7 Å². The van der Waals surface area contributed by atoms with Crippen LogP contribution in [0.3, 0.4) is 0 Å². The maximum atomic E-state index is 10.2. The second-order valence-electron chi connectivity index (χ2n) is 5.03. The molecular weight excluding hydrogens is 210 g/mol. The lowest BCUT2D eigenvalue weighted by Gasteiger charge is -2.25. The largest absolute Gasteiger partial charge is 0.389 e. The molecule has 0 spiro atoms. The van der Waals surface area contributed by atoms with Gasteiger partial charge in [0.15, 0.2) is 0 Å². The predicted octanol–water partition coefficient (Wildman–Crippen LogP) is 2.94. The summed E-state index contributed by atoms with van der Waals surface area (Å²) in [5.41, 5.74) is 3.32. The molecule has 0 saturated heterocycles. The molecule has 0 amide bonds. The zero-order chi connectivity index (χ0) is 12.9. The van der Waals surface area contributed by atoms with Crippen LogP contribution >= 0.6 is 0 Å². The fraction of sp³-hybridized carbons (Fsp3) is 0.600. The number of aryl methyl sites for hydroxylation is 2. The van der Waals surface area contributed by atoms with Gasteiger partial charge in [-0.2, -0.15) is 0 Å². The number of rotatable bonds is 6. The van der Waals surface area contributed by atoms with Crippen LogP contribution in [-0.4, -0.2) is 17.3 Å². The van der Waals surface area contributed by atoms with E-state index in [1.165, 1.54) is 16.7 Å². The summed E-state index contributed by atoms with van der Waals surface area (Å²) in [6.07, 6.45) is 1.59. The lowest BCUT2D eigenvalue weighted by molar-refractivity contribution is 0.0323. The average molecular weight is 235 g/mol. The van der Waals surface area contributed by atoms with Crippen molar-refractivity contribution in [1.29, 1.82) is 0 Å². The van der Waals surface area contributed by atoms with E-state index in [1.807, 2.05) is 13.8 Å². The first kappa shape index (κ1) is 14.2. The lowest BCUT2D eigenvalue weighted by Crippen LogP contribution is -2.39. The number of hydrogen-bond donors (Lipinski definition) is 2. The molecule has 0 aliphatic rings. The Morgan fingerprint density at radius 1 is 1.06 bits per heavy atom. The molecular formula is C15H25NO. The highest BCUT2D eigenvalue weighted by Gasteiger charge is 2.20. The molecule has 0 aromatic heterocycles. The van der Waals surface area contributed by atoms with Gasteiger partial charge in [-0.25, -0.2) is 0 Å². The molecule has 0 radical (unpaired) electrons. The summed E-state index contributed by atoms with van der Waals surface area (Å²) in [7, 11) is 0. The van der Waals surface area contributed by atoms with Gasteiger partial charge in [0, 0.05) is 13.1 Å². The molecule has 0 saturated carbocycles.